The molecule has 0 aromatic rings. The van der Waals surface area contributed by atoms with Crippen molar-refractivity contribution in [2.75, 3.05) is 14.1 Å². The van der Waals surface area contributed by atoms with Gasteiger partial charge in [0.25, 0.3) is 0 Å². The van der Waals surface area contributed by atoms with Crippen molar-refractivity contribution in [2.45, 2.75) is 32.0 Å². The van der Waals surface area contributed by atoms with Gasteiger partial charge < -0.3 is 16.4 Å². The highest BCUT2D eigenvalue weighted by molar-refractivity contribution is 4.88. The Bertz CT molecular complexity index is 91.0. The lowest BCUT2D eigenvalue weighted by molar-refractivity contribution is 0.134. The lowest BCUT2D eigenvalue weighted by Gasteiger charge is -2.38. The fourth-order valence-electron chi connectivity index (χ4n) is 0.850. The summed E-state index contributed by atoms with van der Waals surface area (Å²) in [7, 11) is 3.99. The maximum absolute atomic E-state index is 5.62. The third-order valence-corrected chi connectivity index (χ3v) is 2.46. The summed E-state index contributed by atoms with van der Waals surface area (Å²) in [4.78, 5) is 2.07. The number of hydrogen-bond acceptors (Lipinski definition) is 3. The van der Waals surface area contributed by atoms with Gasteiger partial charge in [-0.05, 0) is 27.4 Å². The van der Waals surface area contributed by atoms with Crippen molar-refractivity contribution in [3.05, 3.63) is 0 Å². The first-order chi connectivity index (χ1) is 4.45. The molecule has 3 heteroatoms. The topological polar surface area (TPSA) is 55.3 Å². The van der Waals surface area contributed by atoms with Crippen LogP contribution in [0.4, 0.5) is 0 Å². The number of nitrogens with zero attached hydrogens (tertiary/aromatic N) is 1. The van der Waals surface area contributed by atoms with E-state index in [1.54, 1.807) is 0 Å². The molecule has 0 fully saturated rings. The molecule has 1 atom stereocenters. The van der Waals surface area contributed by atoms with Crippen molar-refractivity contribution in [1.82, 2.24) is 4.90 Å². The third kappa shape index (κ3) is 1.68. The first kappa shape index (κ1) is 9.88. The molecular weight excluding hydrogens is 126 g/mol. The molecule has 0 saturated carbocycles. The molecule has 4 N–H and O–H groups in total. The van der Waals surface area contributed by atoms with E-state index in [0.717, 1.165) is 6.42 Å². The molecule has 3 nitrogen and oxygen atoms in total. The maximum Gasteiger partial charge on any atom is 0.0707 e. The van der Waals surface area contributed by atoms with E-state index in [2.05, 4.69) is 18.7 Å². The van der Waals surface area contributed by atoms with Crippen LogP contribution in [0.1, 0.15) is 20.3 Å². The molecule has 0 spiro atoms. The summed E-state index contributed by atoms with van der Waals surface area (Å²) in [5.41, 5.74) is 11.2. The number of rotatable bonds is 3. The Morgan fingerprint density at radius 1 is 1.40 bits per heavy atom. The second-order valence-electron chi connectivity index (χ2n) is 3.13. The minimum atomic E-state index is -0.271. The Morgan fingerprint density at radius 3 is 1.80 bits per heavy atom. The summed E-state index contributed by atoms with van der Waals surface area (Å²) in [6, 6.07) is 0. The van der Waals surface area contributed by atoms with Crippen LogP contribution in [0.2, 0.25) is 0 Å². The van der Waals surface area contributed by atoms with Crippen LogP contribution in [-0.2, 0) is 0 Å². The second kappa shape index (κ2) is 3.32. The van der Waals surface area contributed by atoms with Crippen LogP contribution in [0, 0.1) is 0 Å². The fourth-order valence-corrected chi connectivity index (χ4v) is 0.850. The summed E-state index contributed by atoms with van der Waals surface area (Å²) in [6.45, 7) is 4.16. The third-order valence-electron chi connectivity index (χ3n) is 2.46. The zero-order valence-corrected chi connectivity index (χ0v) is 7.39. The molecule has 0 aromatic heterocycles. The monoisotopic (exact) mass is 145 g/mol. The molecule has 0 heterocycles. The zero-order valence-electron chi connectivity index (χ0n) is 7.39. The van der Waals surface area contributed by atoms with Gasteiger partial charge in [-0.15, -0.1) is 0 Å². The van der Waals surface area contributed by atoms with Gasteiger partial charge in [0.15, 0.2) is 0 Å². The number of nitrogens with two attached hydrogens (primary N) is 2. The van der Waals surface area contributed by atoms with Crippen LogP contribution in [0.3, 0.4) is 0 Å². The van der Waals surface area contributed by atoms with Gasteiger partial charge in [0, 0.05) is 5.54 Å². The largest absolute Gasteiger partial charge is 0.315 e. The van der Waals surface area contributed by atoms with E-state index in [9.17, 15) is 0 Å². The molecular formula is C7H19N3. The highest BCUT2D eigenvalue weighted by atomic mass is 15.2. The lowest BCUT2D eigenvalue weighted by atomic mass is 9.94. The lowest BCUT2D eigenvalue weighted by Crippen LogP contribution is -2.59. The average Bonchev–Trinajstić information content (AvgIpc) is 1.85. The molecule has 0 radical (unpaired) electrons. The fraction of sp³-hybridized carbons (Fsp3) is 1.00. The minimum absolute atomic E-state index is 0.0694. The molecule has 0 aromatic carbocycles. The first-order valence-corrected chi connectivity index (χ1v) is 3.63. The Labute approximate surface area is 63.4 Å². The molecule has 0 saturated heterocycles. The number of likely N-dealkylation sites (N-methyl/N-ethyl adjacent to an activating group) is 1. The van der Waals surface area contributed by atoms with Gasteiger partial charge in [-0.2, -0.15) is 0 Å². The number of hydrogen-bond donors (Lipinski definition) is 2. The van der Waals surface area contributed by atoms with Crippen LogP contribution < -0.4 is 11.5 Å². The van der Waals surface area contributed by atoms with Crippen molar-refractivity contribution in [1.29, 1.82) is 0 Å². The Kier molecular flexibility index (Phi) is 3.28. The normalized spacial score (nSPS) is 18.0. The van der Waals surface area contributed by atoms with Crippen LogP contribution in [0.15, 0.2) is 0 Å². The van der Waals surface area contributed by atoms with E-state index < -0.39 is 0 Å². The Balaban J connectivity index is 4.23. The molecule has 10 heavy (non-hydrogen) atoms. The molecule has 0 aliphatic heterocycles. The summed E-state index contributed by atoms with van der Waals surface area (Å²) < 4.78 is 0. The SMILES string of the molecule is CCC(C)(C(N)N)N(C)C. The van der Waals surface area contributed by atoms with E-state index in [1.807, 2.05) is 14.1 Å². The van der Waals surface area contributed by atoms with Gasteiger partial charge >= 0.3 is 0 Å². The van der Waals surface area contributed by atoms with Crippen molar-refractivity contribution < 1.29 is 0 Å². The first-order valence-electron chi connectivity index (χ1n) is 3.63. The molecule has 0 aliphatic rings. The van der Waals surface area contributed by atoms with Crippen molar-refractivity contribution in [3.63, 3.8) is 0 Å². The Hall–Kier alpha value is -0.120. The minimum Gasteiger partial charge on any atom is -0.315 e. The molecule has 0 bridgehead atoms. The molecule has 0 amide bonds. The van der Waals surface area contributed by atoms with Crippen molar-refractivity contribution in [3.8, 4) is 0 Å². The van der Waals surface area contributed by atoms with E-state index in [0.29, 0.717) is 0 Å². The Morgan fingerprint density at radius 2 is 1.80 bits per heavy atom. The quantitative estimate of drug-likeness (QED) is 0.548. The van der Waals surface area contributed by atoms with Crippen LogP contribution in [0.25, 0.3) is 0 Å². The van der Waals surface area contributed by atoms with Crippen molar-refractivity contribution >= 4 is 0 Å². The standard InChI is InChI=1S/C7H19N3/c1-5-7(2,6(8)9)10(3)4/h6H,5,8-9H2,1-4H3. The van der Waals surface area contributed by atoms with Crippen LogP contribution in [0.5, 0.6) is 0 Å². The van der Waals surface area contributed by atoms with E-state index in [4.69, 9.17) is 11.5 Å². The molecule has 62 valence electrons. The van der Waals surface area contributed by atoms with Gasteiger partial charge in [0.2, 0.25) is 0 Å². The predicted molar refractivity (Wildman–Crippen MR) is 44.5 cm³/mol. The maximum atomic E-state index is 5.62. The van der Waals surface area contributed by atoms with Crippen molar-refractivity contribution in [2.24, 2.45) is 11.5 Å². The van der Waals surface area contributed by atoms with Gasteiger partial charge in [-0.25, -0.2) is 0 Å². The van der Waals surface area contributed by atoms with Gasteiger partial charge in [-0.1, -0.05) is 6.92 Å². The van der Waals surface area contributed by atoms with E-state index >= 15 is 0 Å². The molecule has 0 aliphatic carbocycles. The zero-order chi connectivity index (χ0) is 8.36. The average molecular weight is 145 g/mol. The molecule has 0 rings (SSSR count). The van der Waals surface area contributed by atoms with Crippen LogP contribution >= 0.6 is 0 Å². The summed E-state index contributed by atoms with van der Waals surface area (Å²) in [6.07, 6.45) is 0.699. The van der Waals surface area contributed by atoms with E-state index in [1.165, 1.54) is 0 Å². The van der Waals surface area contributed by atoms with Gasteiger partial charge in [0.05, 0.1) is 6.17 Å². The summed E-state index contributed by atoms with van der Waals surface area (Å²) >= 11 is 0. The van der Waals surface area contributed by atoms with Gasteiger partial charge in [0.1, 0.15) is 0 Å². The predicted octanol–water partition coefficient (Wildman–Crippen LogP) is -0.0398. The van der Waals surface area contributed by atoms with E-state index in [-0.39, 0.29) is 11.7 Å². The van der Waals surface area contributed by atoms with Gasteiger partial charge in [-0.3, -0.25) is 0 Å². The highest BCUT2D eigenvalue weighted by Gasteiger charge is 2.29. The molecule has 1 unspecified atom stereocenters. The highest BCUT2D eigenvalue weighted by Crippen LogP contribution is 2.16. The summed E-state index contributed by atoms with van der Waals surface area (Å²) in [5, 5.41) is 0. The second-order valence-corrected chi connectivity index (χ2v) is 3.13. The van der Waals surface area contributed by atoms with Crippen LogP contribution in [-0.4, -0.2) is 30.7 Å². The summed E-state index contributed by atoms with van der Waals surface area (Å²) in [5.74, 6) is 0. The smallest absolute Gasteiger partial charge is 0.0707 e.